The number of aliphatic hydroxyl groups excluding tert-OH is 1. The first-order chi connectivity index (χ1) is 25.0. The smallest absolute Gasteiger partial charge is 0.462 e. The highest BCUT2D eigenvalue weighted by atomic mass is 31.2. The van der Waals surface area contributed by atoms with E-state index in [9.17, 15) is 19.3 Å². The third-order valence-corrected chi connectivity index (χ3v) is 9.42. The largest absolute Gasteiger partial charge is 0.469 e. The molecule has 0 aliphatic carbocycles. The van der Waals surface area contributed by atoms with Crippen molar-refractivity contribution in [3.8, 4) is 0 Å². The summed E-state index contributed by atoms with van der Waals surface area (Å²) in [6, 6.07) is 0. The summed E-state index contributed by atoms with van der Waals surface area (Å²) in [6.07, 6.45) is 37.7. The van der Waals surface area contributed by atoms with Crippen LogP contribution in [0, 0.1) is 5.92 Å². The van der Waals surface area contributed by atoms with Crippen molar-refractivity contribution in [2.24, 2.45) is 5.92 Å². The van der Waals surface area contributed by atoms with Gasteiger partial charge in [0, 0.05) is 12.8 Å². The Hall–Kier alpha value is -1.77. The predicted molar refractivity (Wildman–Crippen MR) is 213 cm³/mol. The van der Waals surface area contributed by atoms with Crippen molar-refractivity contribution in [3.05, 3.63) is 36.5 Å². The molecule has 0 aromatic heterocycles. The lowest BCUT2D eigenvalue weighted by Crippen LogP contribution is -2.29. The van der Waals surface area contributed by atoms with Gasteiger partial charge in [0.25, 0.3) is 0 Å². The van der Waals surface area contributed by atoms with Gasteiger partial charge in [0.1, 0.15) is 6.61 Å². The van der Waals surface area contributed by atoms with Gasteiger partial charge in [-0.25, -0.2) is 4.57 Å². The maximum Gasteiger partial charge on any atom is 0.469 e. The molecule has 1 unspecified atom stereocenters. The monoisotopic (exact) mass is 757 g/mol. The van der Waals surface area contributed by atoms with E-state index in [0.717, 1.165) is 57.3 Å². The fraction of sp³-hybridized carbons (Fsp3) is 0.810. The molecule has 0 saturated carbocycles. The number of hydrogen-bond acceptors (Lipinski definition) is 7. The summed E-state index contributed by atoms with van der Waals surface area (Å²) in [6.45, 7) is 5.81. The second-order valence-corrected chi connectivity index (χ2v) is 15.9. The van der Waals surface area contributed by atoms with Crippen LogP contribution in [-0.4, -0.2) is 52.3 Å². The quantitative estimate of drug-likeness (QED) is 0.0186. The average molecular weight is 757 g/mol. The topological polar surface area (TPSA) is 140 Å². The van der Waals surface area contributed by atoms with Crippen LogP contribution in [0.4, 0.5) is 0 Å². The third-order valence-electron chi connectivity index (χ3n) is 8.93. The van der Waals surface area contributed by atoms with Gasteiger partial charge in [0.05, 0.1) is 12.7 Å². The van der Waals surface area contributed by atoms with Crippen molar-refractivity contribution < 1.29 is 43.0 Å². The number of hydrogen-bond donors (Lipinski definition) is 3. The van der Waals surface area contributed by atoms with Crippen molar-refractivity contribution in [3.63, 3.8) is 0 Å². The van der Waals surface area contributed by atoms with Gasteiger partial charge in [-0.3, -0.25) is 14.1 Å². The van der Waals surface area contributed by atoms with Crippen LogP contribution < -0.4 is 0 Å². The Kier molecular flexibility index (Phi) is 35.0. The summed E-state index contributed by atoms with van der Waals surface area (Å²) in [4.78, 5) is 42.8. The van der Waals surface area contributed by atoms with Crippen molar-refractivity contribution in [2.75, 3.05) is 13.2 Å². The van der Waals surface area contributed by atoms with E-state index < -0.39 is 38.6 Å². The Morgan fingerprint density at radius 2 is 1.13 bits per heavy atom. The number of phosphoric acid groups is 1. The van der Waals surface area contributed by atoms with Gasteiger partial charge in [0.15, 0.2) is 6.10 Å². The first-order valence-corrected chi connectivity index (χ1v) is 22.3. The van der Waals surface area contributed by atoms with E-state index in [-0.39, 0.29) is 19.4 Å². The molecule has 0 amide bonds. The summed E-state index contributed by atoms with van der Waals surface area (Å²) >= 11 is 0. The second-order valence-electron chi connectivity index (χ2n) is 14.6. The zero-order valence-corrected chi connectivity index (χ0v) is 34.1. The van der Waals surface area contributed by atoms with Crippen LogP contribution in [-0.2, 0) is 28.2 Å². The van der Waals surface area contributed by atoms with Crippen LogP contribution in [0.25, 0.3) is 0 Å². The molecule has 0 saturated heterocycles. The zero-order chi connectivity index (χ0) is 38.5. The molecule has 0 radical (unpaired) electrons. The molecule has 0 aliphatic heterocycles. The van der Waals surface area contributed by atoms with E-state index in [2.05, 4.69) is 31.4 Å². The van der Waals surface area contributed by atoms with Crippen LogP contribution in [0.3, 0.4) is 0 Å². The maximum absolute atomic E-state index is 12.4. The highest BCUT2D eigenvalue weighted by molar-refractivity contribution is 7.46. The highest BCUT2D eigenvalue weighted by Crippen LogP contribution is 2.36. The van der Waals surface area contributed by atoms with E-state index in [1.54, 1.807) is 6.08 Å². The summed E-state index contributed by atoms with van der Waals surface area (Å²) in [5.41, 5.74) is 0. The van der Waals surface area contributed by atoms with Gasteiger partial charge in [-0.1, -0.05) is 173 Å². The Morgan fingerprint density at radius 1 is 0.635 bits per heavy atom. The molecule has 0 aromatic carbocycles. The average Bonchev–Trinajstić information content (AvgIpc) is 3.09. The first kappa shape index (κ1) is 50.2. The van der Waals surface area contributed by atoms with Gasteiger partial charge < -0.3 is 24.4 Å². The normalized spacial score (nSPS) is 13.5. The van der Waals surface area contributed by atoms with E-state index in [4.69, 9.17) is 19.3 Å². The molecular formula is C42H77O9P. The van der Waals surface area contributed by atoms with Crippen molar-refractivity contribution in [1.29, 1.82) is 0 Å². The fourth-order valence-corrected chi connectivity index (χ4v) is 6.19. The Balaban J connectivity index is 3.96. The van der Waals surface area contributed by atoms with Crippen LogP contribution in [0.1, 0.15) is 188 Å². The molecule has 0 bridgehead atoms. The minimum atomic E-state index is -4.77. The molecule has 0 rings (SSSR count). The lowest BCUT2D eigenvalue weighted by atomic mass is 10.0. The Morgan fingerprint density at radius 3 is 1.65 bits per heavy atom. The summed E-state index contributed by atoms with van der Waals surface area (Å²) in [5.74, 6) is -0.101. The minimum absolute atomic E-state index is 0.166. The van der Waals surface area contributed by atoms with Gasteiger partial charge in [0.2, 0.25) is 0 Å². The molecule has 0 heterocycles. The van der Waals surface area contributed by atoms with Crippen LogP contribution in [0.5, 0.6) is 0 Å². The molecule has 304 valence electrons. The summed E-state index contributed by atoms with van der Waals surface area (Å²) < 4.78 is 26.3. The van der Waals surface area contributed by atoms with Crippen molar-refractivity contribution in [2.45, 2.75) is 200 Å². The number of carbonyl (C=O) groups is 2. The van der Waals surface area contributed by atoms with Crippen molar-refractivity contribution >= 4 is 19.8 Å². The van der Waals surface area contributed by atoms with E-state index >= 15 is 0 Å². The summed E-state index contributed by atoms with van der Waals surface area (Å²) in [7, 11) is -4.77. The molecule has 52 heavy (non-hydrogen) atoms. The SMILES string of the molecule is CC/C=C/CC(O)/C=C/C=C/CCCCCCCC(=O)O[C@H](COC(=O)CCCCCCCCCCCCCCCCCC(C)C)COP(=O)(O)O. The number of esters is 2. The summed E-state index contributed by atoms with van der Waals surface area (Å²) in [5, 5.41) is 9.84. The number of allylic oxidation sites excluding steroid dienone is 4. The number of aliphatic hydroxyl groups is 1. The molecule has 0 fully saturated rings. The number of rotatable bonds is 37. The van der Waals surface area contributed by atoms with E-state index in [0.29, 0.717) is 19.3 Å². The van der Waals surface area contributed by atoms with Gasteiger partial charge in [-0.15, -0.1) is 0 Å². The van der Waals surface area contributed by atoms with Crippen molar-refractivity contribution in [1.82, 2.24) is 0 Å². The minimum Gasteiger partial charge on any atom is -0.462 e. The number of ether oxygens (including phenoxy) is 2. The number of carbonyl (C=O) groups excluding carboxylic acids is 2. The standard InChI is InChI=1S/C42H77O9P/c1-4-5-26-32-39(43)33-28-23-19-15-13-17-21-25-30-35-42(45)51-40(37-50-52(46,47)48)36-49-41(44)34-29-24-20-16-12-10-8-6-7-9-11-14-18-22-27-31-38(2)3/h5,19,23,26,28,33,38-40,43H,4,6-18,20-22,24-25,27,29-32,34-37H2,1-3H3,(H2,46,47,48)/b23-19+,26-5+,33-28+/t39?,40-/m1/s1. The second kappa shape index (κ2) is 36.2. The van der Waals surface area contributed by atoms with Gasteiger partial charge in [-0.2, -0.15) is 0 Å². The van der Waals surface area contributed by atoms with Gasteiger partial charge in [-0.05, 0) is 44.4 Å². The highest BCUT2D eigenvalue weighted by Gasteiger charge is 2.22. The molecule has 2 atom stereocenters. The lowest BCUT2D eigenvalue weighted by molar-refractivity contribution is -0.161. The fourth-order valence-electron chi connectivity index (χ4n) is 5.83. The number of phosphoric ester groups is 1. The molecule has 10 heteroatoms. The van der Waals surface area contributed by atoms with E-state index in [1.165, 1.54) is 83.5 Å². The zero-order valence-electron chi connectivity index (χ0n) is 33.2. The molecule has 0 aliphatic rings. The Bertz CT molecular complexity index is 973. The lowest BCUT2D eigenvalue weighted by Gasteiger charge is -2.18. The molecular weight excluding hydrogens is 679 g/mol. The van der Waals surface area contributed by atoms with Crippen LogP contribution >= 0.6 is 7.82 Å². The molecule has 9 nitrogen and oxygen atoms in total. The third kappa shape index (κ3) is 39.4. The number of unbranched alkanes of at least 4 members (excludes halogenated alkanes) is 19. The first-order valence-electron chi connectivity index (χ1n) is 20.7. The van der Waals surface area contributed by atoms with Gasteiger partial charge >= 0.3 is 19.8 Å². The van der Waals surface area contributed by atoms with E-state index in [1.807, 2.05) is 24.3 Å². The molecule has 0 spiro atoms. The Labute approximate surface area is 317 Å². The molecule has 3 N–H and O–H groups in total. The van der Waals surface area contributed by atoms with Crippen LogP contribution in [0.2, 0.25) is 0 Å². The van der Waals surface area contributed by atoms with Crippen LogP contribution in [0.15, 0.2) is 36.5 Å². The maximum atomic E-state index is 12.4. The predicted octanol–water partition coefficient (Wildman–Crippen LogP) is 11.4. The molecule has 0 aromatic rings.